The fraction of sp³-hybridized carbons (Fsp3) is 0.364. The zero-order valence-corrected chi connectivity index (χ0v) is 17.7. The number of anilines is 2. The predicted molar refractivity (Wildman–Crippen MR) is 118 cm³/mol. The van der Waals surface area contributed by atoms with Crippen LogP contribution in [0.3, 0.4) is 0 Å². The van der Waals surface area contributed by atoms with E-state index >= 15 is 0 Å². The van der Waals surface area contributed by atoms with Crippen LogP contribution >= 0.6 is 0 Å². The molecular formula is C22H27N3O3S. The first kappa shape index (κ1) is 21.0. The lowest BCUT2D eigenvalue weighted by Gasteiger charge is -2.36. The molecule has 2 aromatic carbocycles. The molecule has 0 spiro atoms. The van der Waals surface area contributed by atoms with Crippen molar-refractivity contribution in [2.75, 3.05) is 47.9 Å². The standard InChI is InChI=1S/C22H27N3O3S/c1-17-7-6-8-18(2)22(17)23-20(26)15-29(28)16-21(27)25-13-11-24(12-14-25)19-9-4-3-5-10-19/h3-10H,11-16H2,1-2H3,(H,23,26)/t29-/m1/s1. The van der Waals surface area contributed by atoms with Gasteiger partial charge >= 0.3 is 0 Å². The van der Waals surface area contributed by atoms with Gasteiger partial charge in [-0.15, -0.1) is 0 Å². The van der Waals surface area contributed by atoms with Gasteiger partial charge in [-0.2, -0.15) is 0 Å². The second-order valence-electron chi connectivity index (χ2n) is 7.25. The summed E-state index contributed by atoms with van der Waals surface area (Å²) in [6, 6.07) is 15.8. The van der Waals surface area contributed by atoms with E-state index in [0.717, 1.165) is 35.6 Å². The molecule has 1 aliphatic heterocycles. The number of hydrogen-bond acceptors (Lipinski definition) is 4. The Kier molecular flexibility index (Phi) is 7.04. The maximum absolute atomic E-state index is 12.5. The van der Waals surface area contributed by atoms with Crippen LogP contribution in [0.5, 0.6) is 0 Å². The summed E-state index contributed by atoms with van der Waals surface area (Å²) in [5, 5.41) is 2.82. The number of aryl methyl sites for hydroxylation is 2. The van der Waals surface area contributed by atoms with E-state index < -0.39 is 10.8 Å². The lowest BCUT2D eigenvalue weighted by molar-refractivity contribution is -0.128. The zero-order chi connectivity index (χ0) is 20.8. The number of para-hydroxylation sites is 2. The number of piperazine rings is 1. The molecule has 2 amide bonds. The van der Waals surface area contributed by atoms with Gasteiger partial charge in [0.25, 0.3) is 0 Å². The Labute approximate surface area is 174 Å². The van der Waals surface area contributed by atoms with Gasteiger partial charge in [0, 0.05) is 48.4 Å². The fourth-order valence-electron chi connectivity index (χ4n) is 3.47. The molecule has 1 aliphatic rings. The Morgan fingerprint density at radius 2 is 1.52 bits per heavy atom. The number of carbonyl (C=O) groups excluding carboxylic acids is 2. The Balaban J connectivity index is 1.46. The fourth-order valence-corrected chi connectivity index (χ4v) is 4.39. The van der Waals surface area contributed by atoms with Crippen LogP contribution in [0, 0.1) is 13.8 Å². The maximum Gasteiger partial charge on any atom is 0.237 e. The summed E-state index contributed by atoms with van der Waals surface area (Å²) in [5.41, 5.74) is 3.80. The number of rotatable bonds is 6. The summed E-state index contributed by atoms with van der Waals surface area (Å²) in [7, 11) is -1.53. The largest absolute Gasteiger partial charge is 0.368 e. The van der Waals surface area contributed by atoms with Crippen LogP contribution in [-0.2, 0) is 20.4 Å². The first-order valence-corrected chi connectivity index (χ1v) is 11.2. The predicted octanol–water partition coefficient (Wildman–Crippen LogP) is 2.34. The second kappa shape index (κ2) is 9.69. The van der Waals surface area contributed by atoms with Crippen LogP contribution in [-0.4, -0.2) is 58.6 Å². The van der Waals surface area contributed by atoms with E-state index in [9.17, 15) is 13.8 Å². The first-order valence-electron chi connectivity index (χ1n) is 9.73. The molecule has 29 heavy (non-hydrogen) atoms. The van der Waals surface area contributed by atoms with Crippen molar-refractivity contribution in [1.82, 2.24) is 4.90 Å². The molecule has 0 unspecified atom stereocenters. The van der Waals surface area contributed by atoms with Gasteiger partial charge in [0.2, 0.25) is 11.8 Å². The van der Waals surface area contributed by atoms with Crippen molar-refractivity contribution in [3.63, 3.8) is 0 Å². The smallest absolute Gasteiger partial charge is 0.237 e. The SMILES string of the molecule is Cc1cccc(C)c1NC(=O)C[S@@](=O)CC(=O)N1CCN(c2ccccc2)CC1. The van der Waals surface area contributed by atoms with E-state index in [0.29, 0.717) is 13.1 Å². The van der Waals surface area contributed by atoms with Crippen molar-refractivity contribution >= 4 is 34.0 Å². The van der Waals surface area contributed by atoms with Crippen LogP contribution in [0.4, 0.5) is 11.4 Å². The highest BCUT2D eigenvalue weighted by Gasteiger charge is 2.23. The van der Waals surface area contributed by atoms with E-state index in [1.165, 1.54) is 0 Å². The highest BCUT2D eigenvalue weighted by Crippen LogP contribution is 2.19. The van der Waals surface area contributed by atoms with E-state index in [1.807, 2.05) is 50.2 Å². The number of amides is 2. The summed E-state index contributed by atoms with van der Waals surface area (Å²) in [6.07, 6.45) is 0. The van der Waals surface area contributed by atoms with Crippen LogP contribution in [0.2, 0.25) is 0 Å². The van der Waals surface area contributed by atoms with Crippen molar-refractivity contribution in [3.8, 4) is 0 Å². The molecule has 1 fully saturated rings. The highest BCUT2D eigenvalue weighted by atomic mass is 32.2. The van der Waals surface area contributed by atoms with E-state index in [-0.39, 0.29) is 23.3 Å². The maximum atomic E-state index is 12.5. The summed E-state index contributed by atoms with van der Waals surface area (Å²) < 4.78 is 12.3. The van der Waals surface area contributed by atoms with Crippen molar-refractivity contribution in [1.29, 1.82) is 0 Å². The zero-order valence-electron chi connectivity index (χ0n) is 16.9. The lowest BCUT2D eigenvalue weighted by Crippen LogP contribution is -2.50. The van der Waals surface area contributed by atoms with Crippen molar-refractivity contribution < 1.29 is 13.8 Å². The van der Waals surface area contributed by atoms with Gasteiger partial charge in [-0.05, 0) is 37.1 Å². The monoisotopic (exact) mass is 413 g/mol. The molecule has 1 atom stereocenters. The minimum atomic E-state index is -1.53. The van der Waals surface area contributed by atoms with Gasteiger partial charge in [-0.3, -0.25) is 13.8 Å². The van der Waals surface area contributed by atoms with Crippen molar-refractivity contribution in [3.05, 3.63) is 59.7 Å². The third-order valence-corrected chi connectivity index (χ3v) is 6.23. The summed E-state index contributed by atoms with van der Waals surface area (Å²) in [5.74, 6) is -0.784. The van der Waals surface area contributed by atoms with Crippen LogP contribution < -0.4 is 10.2 Å². The van der Waals surface area contributed by atoms with Gasteiger partial charge in [-0.25, -0.2) is 0 Å². The summed E-state index contributed by atoms with van der Waals surface area (Å²) in [4.78, 5) is 28.7. The van der Waals surface area contributed by atoms with Crippen LogP contribution in [0.25, 0.3) is 0 Å². The van der Waals surface area contributed by atoms with E-state index in [4.69, 9.17) is 0 Å². The topological polar surface area (TPSA) is 69.7 Å². The minimum absolute atomic E-state index is 0.120. The molecule has 154 valence electrons. The molecule has 0 aliphatic carbocycles. The lowest BCUT2D eigenvalue weighted by atomic mass is 10.1. The first-order chi connectivity index (χ1) is 13.9. The highest BCUT2D eigenvalue weighted by molar-refractivity contribution is 7.86. The summed E-state index contributed by atoms with van der Waals surface area (Å²) >= 11 is 0. The molecule has 2 aromatic rings. The molecule has 1 saturated heterocycles. The molecule has 3 rings (SSSR count). The number of hydrogen-bond donors (Lipinski definition) is 1. The van der Waals surface area contributed by atoms with E-state index in [2.05, 4.69) is 22.3 Å². The van der Waals surface area contributed by atoms with E-state index in [1.54, 1.807) is 4.90 Å². The summed E-state index contributed by atoms with van der Waals surface area (Å²) in [6.45, 7) is 6.51. The van der Waals surface area contributed by atoms with Gasteiger partial charge in [-0.1, -0.05) is 36.4 Å². The Morgan fingerprint density at radius 3 is 2.14 bits per heavy atom. The normalized spacial score (nSPS) is 15.1. The molecule has 0 radical (unpaired) electrons. The van der Waals surface area contributed by atoms with Gasteiger partial charge < -0.3 is 15.1 Å². The molecule has 6 nitrogen and oxygen atoms in total. The van der Waals surface area contributed by atoms with Crippen molar-refractivity contribution in [2.24, 2.45) is 0 Å². The third kappa shape index (κ3) is 5.67. The molecular weight excluding hydrogens is 386 g/mol. The molecule has 0 bridgehead atoms. The Hall–Kier alpha value is -2.67. The molecule has 0 aromatic heterocycles. The number of nitrogens with one attached hydrogen (secondary N) is 1. The number of carbonyl (C=O) groups is 2. The third-order valence-electron chi connectivity index (χ3n) is 5.08. The van der Waals surface area contributed by atoms with Gasteiger partial charge in [0.05, 0.1) is 0 Å². The average Bonchev–Trinajstić information content (AvgIpc) is 2.71. The average molecular weight is 414 g/mol. The molecule has 0 saturated carbocycles. The van der Waals surface area contributed by atoms with Crippen LogP contribution in [0.15, 0.2) is 48.5 Å². The Bertz CT molecular complexity index is 873. The second-order valence-corrected chi connectivity index (χ2v) is 8.70. The Morgan fingerprint density at radius 1 is 0.897 bits per heavy atom. The minimum Gasteiger partial charge on any atom is -0.368 e. The molecule has 1 heterocycles. The number of nitrogens with zero attached hydrogens (tertiary/aromatic N) is 2. The number of benzene rings is 2. The molecule has 7 heteroatoms. The van der Waals surface area contributed by atoms with Gasteiger partial charge in [0.15, 0.2) is 0 Å². The molecule has 1 N–H and O–H groups in total. The van der Waals surface area contributed by atoms with Gasteiger partial charge in [0.1, 0.15) is 11.5 Å². The van der Waals surface area contributed by atoms with Crippen molar-refractivity contribution in [2.45, 2.75) is 13.8 Å². The van der Waals surface area contributed by atoms with Crippen LogP contribution in [0.1, 0.15) is 11.1 Å². The quantitative estimate of drug-likeness (QED) is 0.789.